The fourth-order valence-corrected chi connectivity index (χ4v) is 1.70. The van der Waals surface area contributed by atoms with Crippen LogP contribution in [0.2, 0.25) is 0 Å². The van der Waals surface area contributed by atoms with E-state index in [-0.39, 0.29) is 17.8 Å². The summed E-state index contributed by atoms with van der Waals surface area (Å²) in [5, 5.41) is 0. The molecule has 0 aliphatic rings. The summed E-state index contributed by atoms with van der Waals surface area (Å²) in [6.45, 7) is 1.75. The lowest BCUT2D eigenvalue weighted by molar-refractivity contribution is -0.137. The fourth-order valence-electron chi connectivity index (χ4n) is 1.70. The van der Waals surface area contributed by atoms with E-state index in [2.05, 4.69) is 9.98 Å². The van der Waals surface area contributed by atoms with Gasteiger partial charge in [0.15, 0.2) is 5.58 Å². The van der Waals surface area contributed by atoms with Gasteiger partial charge in [-0.05, 0) is 25.1 Å². The van der Waals surface area contributed by atoms with Gasteiger partial charge in [-0.25, -0.2) is 4.98 Å². The number of fused-ring (bicyclic) bond motifs is 1. The molecule has 7 heteroatoms. The van der Waals surface area contributed by atoms with Crippen molar-refractivity contribution in [2.45, 2.75) is 19.5 Å². The minimum atomic E-state index is -4.40. The molecule has 0 radical (unpaired) electrons. The Balaban J connectivity index is 2.31. The van der Waals surface area contributed by atoms with Gasteiger partial charge in [-0.1, -0.05) is 0 Å². The molecule has 0 saturated carbocycles. The lowest BCUT2D eigenvalue weighted by atomic mass is 10.2. The highest BCUT2D eigenvalue weighted by Crippen LogP contribution is 2.31. The van der Waals surface area contributed by atoms with Crippen LogP contribution in [0.1, 0.15) is 18.4 Å². The van der Waals surface area contributed by atoms with Gasteiger partial charge < -0.3 is 9.15 Å². The van der Waals surface area contributed by atoms with Crippen LogP contribution in [0.5, 0.6) is 0 Å². The van der Waals surface area contributed by atoms with Crippen LogP contribution in [0.3, 0.4) is 0 Å². The highest BCUT2D eigenvalue weighted by molar-refractivity contribution is 5.73. The number of aromatic nitrogens is 1. The van der Waals surface area contributed by atoms with E-state index in [1.165, 1.54) is 19.4 Å². The molecule has 21 heavy (non-hydrogen) atoms. The van der Waals surface area contributed by atoms with Gasteiger partial charge in [-0.15, -0.1) is 0 Å². The topological polar surface area (TPSA) is 47.6 Å². The van der Waals surface area contributed by atoms with Crippen molar-refractivity contribution in [1.29, 1.82) is 0 Å². The minimum Gasteiger partial charge on any atom is -0.499 e. The zero-order valence-electron chi connectivity index (χ0n) is 11.4. The number of oxazole rings is 1. The number of alkyl halides is 3. The zero-order valence-corrected chi connectivity index (χ0v) is 11.4. The molecule has 4 nitrogen and oxygen atoms in total. The molecule has 2 rings (SSSR count). The lowest BCUT2D eigenvalue weighted by Gasteiger charge is -2.04. The van der Waals surface area contributed by atoms with Crippen LogP contribution < -0.4 is 0 Å². The third-order valence-electron chi connectivity index (χ3n) is 2.71. The molecule has 0 saturated heterocycles. The van der Waals surface area contributed by atoms with Gasteiger partial charge in [-0.3, -0.25) is 4.99 Å². The van der Waals surface area contributed by atoms with Gasteiger partial charge >= 0.3 is 6.18 Å². The summed E-state index contributed by atoms with van der Waals surface area (Å²) in [5.74, 6) is 0.763. The van der Waals surface area contributed by atoms with E-state index in [0.29, 0.717) is 11.3 Å². The molecule has 2 aromatic rings. The monoisotopic (exact) mass is 298 g/mol. The zero-order chi connectivity index (χ0) is 15.5. The molecule has 0 amide bonds. The number of nitrogens with zero attached hydrogens (tertiary/aromatic N) is 2. The lowest BCUT2D eigenvalue weighted by Crippen LogP contribution is -2.03. The van der Waals surface area contributed by atoms with Crippen molar-refractivity contribution in [3.63, 3.8) is 0 Å². The molecule has 1 aromatic heterocycles. The van der Waals surface area contributed by atoms with E-state index in [0.717, 1.165) is 12.1 Å². The number of hydrogen-bond donors (Lipinski definition) is 0. The number of benzene rings is 1. The van der Waals surface area contributed by atoms with Crippen LogP contribution in [0, 0.1) is 0 Å². The third-order valence-corrected chi connectivity index (χ3v) is 2.71. The molecule has 0 bridgehead atoms. The summed E-state index contributed by atoms with van der Waals surface area (Å²) in [5.41, 5.74) is -0.297. The third kappa shape index (κ3) is 3.62. The summed E-state index contributed by atoms with van der Waals surface area (Å²) >= 11 is 0. The van der Waals surface area contributed by atoms with Crippen LogP contribution in [0.25, 0.3) is 11.1 Å². The van der Waals surface area contributed by atoms with Gasteiger partial charge in [0, 0.05) is 6.21 Å². The van der Waals surface area contributed by atoms with Crippen molar-refractivity contribution >= 4 is 17.3 Å². The maximum absolute atomic E-state index is 12.6. The van der Waals surface area contributed by atoms with Gasteiger partial charge in [0.2, 0.25) is 5.89 Å². The van der Waals surface area contributed by atoms with E-state index in [1.54, 1.807) is 13.1 Å². The van der Waals surface area contributed by atoms with Crippen LogP contribution in [-0.4, -0.2) is 18.3 Å². The molecule has 1 heterocycles. The van der Waals surface area contributed by atoms with Crippen LogP contribution >= 0.6 is 0 Å². The highest BCUT2D eigenvalue weighted by atomic mass is 19.4. The van der Waals surface area contributed by atoms with Gasteiger partial charge in [0.25, 0.3) is 0 Å². The standard InChI is InChI=1S/C14H13F3N2O2/c1-3-18-8-10(20-2)7-13-19-11-6-9(14(15,16)17)4-5-12(11)21-13/h3-6,8H,7H2,1-2H3/b10-8+,18-3-. The Labute approximate surface area is 118 Å². The molecular weight excluding hydrogens is 285 g/mol. The second-order valence-corrected chi connectivity index (χ2v) is 4.17. The number of ether oxygens (including phenoxy) is 1. The maximum Gasteiger partial charge on any atom is 0.416 e. The largest absolute Gasteiger partial charge is 0.499 e. The van der Waals surface area contributed by atoms with Crippen molar-refractivity contribution in [2.24, 2.45) is 4.99 Å². The Morgan fingerprint density at radius 3 is 2.81 bits per heavy atom. The van der Waals surface area contributed by atoms with Crippen molar-refractivity contribution < 1.29 is 22.3 Å². The first kappa shape index (κ1) is 15.1. The highest BCUT2D eigenvalue weighted by Gasteiger charge is 2.31. The Bertz CT molecular complexity index is 687. The Morgan fingerprint density at radius 2 is 2.19 bits per heavy atom. The Kier molecular flexibility index (Phi) is 4.30. The van der Waals surface area contributed by atoms with Crippen molar-refractivity contribution in [2.75, 3.05) is 7.11 Å². The van der Waals surface area contributed by atoms with Crippen LogP contribution in [0.15, 0.2) is 39.6 Å². The number of halogens is 3. The minimum absolute atomic E-state index is 0.161. The SMILES string of the molecule is C/C=N\C=C(/Cc1nc2cc(C(F)(F)F)ccc2o1)OC. The number of hydrogen-bond acceptors (Lipinski definition) is 4. The molecule has 0 spiro atoms. The summed E-state index contributed by atoms with van der Waals surface area (Å²) in [7, 11) is 1.47. The number of allylic oxidation sites excluding steroid dienone is 1. The molecule has 112 valence electrons. The second kappa shape index (κ2) is 5.99. The molecular formula is C14H13F3N2O2. The molecule has 1 aromatic carbocycles. The van der Waals surface area contributed by atoms with E-state index < -0.39 is 11.7 Å². The number of methoxy groups -OCH3 is 1. The molecule has 0 aliphatic carbocycles. The summed E-state index contributed by atoms with van der Waals surface area (Å²) < 4.78 is 48.4. The Morgan fingerprint density at radius 1 is 1.43 bits per heavy atom. The number of rotatable bonds is 4. The fraction of sp³-hybridized carbons (Fsp3) is 0.286. The van der Waals surface area contributed by atoms with E-state index >= 15 is 0 Å². The van der Waals surface area contributed by atoms with E-state index in [9.17, 15) is 13.2 Å². The first-order valence-electron chi connectivity index (χ1n) is 6.11. The normalized spacial score (nSPS) is 13.3. The summed E-state index contributed by atoms with van der Waals surface area (Å²) in [6.07, 6.45) is -1.11. The van der Waals surface area contributed by atoms with Crippen molar-refractivity contribution in [1.82, 2.24) is 4.98 Å². The van der Waals surface area contributed by atoms with Gasteiger partial charge in [0.1, 0.15) is 11.3 Å². The average molecular weight is 298 g/mol. The molecule has 0 fully saturated rings. The van der Waals surface area contributed by atoms with Crippen LogP contribution in [-0.2, 0) is 17.3 Å². The van der Waals surface area contributed by atoms with Crippen molar-refractivity contribution in [3.8, 4) is 0 Å². The van der Waals surface area contributed by atoms with Gasteiger partial charge in [-0.2, -0.15) is 13.2 Å². The predicted octanol–water partition coefficient (Wildman–Crippen LogP) is 3.97. The average Bonchev–Trinajstić information content (AvgIpc) is 2.83. The first-order valence-corrected chi connectivity index (χ1v) is 6.11. The van der Waals surface area contributed by atoms with Gasteiger partial charge in [0.05, 0.1) is 25.3 Å². The quantitative estimate of drug-likeness (QED) is 0.634. The maximum atomic E-state index is 12.6. The molecule has 0 unspecified atom stereocenters. The van der Waals surface area contributed by atoms with E-state index in [4.69, 9.17) is 9.15 Å². The molecule has 0 aliphatic heterocycles. The predicted molar refractivity (Wildman–Crippen MR) is 72.0 cm³/mol. The van der Waals surface area contributed by atoms with Crippen molar-refractivity contribution in [3.05, 3.63) is 41.6 Å². The summed E-state index contributed by atoms with van der Waals surface area (Å²) in [4.78, 5) is 7.95. The van der Waals surface area contributed by atoms with E-state index in [1.807, 2.05) is 0 Å². The number of aliphatic imine (C=N–C) groups is 1. The van der Waals surface area contributed by atoms with Crippen LogP contribution in [0.4, 0.5) is 13.2 Å². The Hall–Kier alpha value is -2.31. The molecule has 0 N–H and O–H groups in total. The smallest absolute Gasteiger partial charge is 0.416 e. The second-order valence-electron chi connectivity index (χ2n) is 4.17. The summed E-state index contributed by atoms with van der Waals surface area (Å²) in [6, 6.07) is 3.18. The first-order chi connectivity index (χ1) is 9.94. The molecule has 0 atom stereocenters.